The number of anilines is 1. The minimum Gasteiger partial charge on any atom is -0.399 e. The number of benzene rings is 2. The highest BCUT2D eigenvalue weighted by Crippen LogP contribution is 2.24. The second kappa shape index (κ2) is 5.93. The molecule has 2 aromatic carbocycles. The van der Waals surface area contributed by atoms with Gasteiger partial charge in [-0.2, -0.15) is 5.26 Å². The Morgan fingerprint density at radius 2 is 1.41 bits per heavy atom. The highest BCUT2D eigenvalue weighted by atomic mass is 35.5. The van der Waals surface area contributed by atoms with Gasteiger partial charge >= 0.3 is 0 Å². The van der Waals surface area contributed by atoms with E-state index in [1.807, 2.05) is 54.6 Å². The summed E-state index contributed by atoms with van der Waals surface area (Å²) < 4.78 is 0. The molecule has 0 aliphatic heterocycles. The van der Waals surface area contributed by atoms with E-state index in [1.165, 1.54) is 0 Å². The van der Waals surface area contributed by atoms with Gasteiger partial charge in [0.2, 0.25) is 0 Å². The predicted molar refractivity (Wildman–Crippen MR) is 72.0 cm³/mol. The standard InChI is InChI=1S/C14H12N2.ClH/c15-10-14(11-4-2-1-3-5-11)12-6-8-13(16)9-7-12;/h1-9,14H,16H2;1H. The molecule has 2 aromatic rings. The van der Waals surface area contributed by atoms with Gasteiger partial charge in [0.05, 0.1) is 12.0 Å². The Labute approximate surface area is 107 Å². The van der Waals surface area contributed by atoms with Crippen LogP contribution in [0.2, 0.25) is 0 Å². The summed E-state index contributed by atoms with van der Waals surface area (Å²) >= 11 is 0. The molecular formula is C14H13ClN2. The second-order valence-corrected chi connectivity index (χ2v) is 3.64. The van der Waals surface area contributed by atoms with Crippen molar-refractivity contribution in [1.29, 1.82) is 5.26 Å². The number of halogens is 1. The van der Waals surface area contributed by atoms with Gasteiger partial charge in [0.1, 0.15) is 0 Å². The van der Waals surface area contributed by atoms with Crippen LogP contribution < -0.4 is 5.73 Å². The van der Waals surface area contributed by atoms with E-state index in [4.69, 9.17) is 5.73 Å². The van der Waals surface area contributed by atoms with E-state index in [1.54, 1.807) is 0 Å². The molecule has 0 aromatic heterocycles. The first-order chi connectivity index (χ1) is 7.81. The Hall–Kier alpha value is -1.98. The molecule has 3 heteroatoms. The first-order valence-corrected chi connectivity index (χ1v) is 5.11. The average molecular weight is 245 g/mol. The van der Waals surface area contributed by atoms with Crippen molar-refractivity contribution in [2.45, 2.75) is 5.92 Å². The minimum absolute atomic E-state index is 0. The van der Waals surface area contributed by atoms with E-state index >= 15 is 0 Å². The third-order valence-electron chi connectivity index (χ3n) is 2.53. The van der Waals surface area contributed by atoms with Crippen LogP contribution in [0.25, 0.3) is 0 Å². The number of nitriles is 1. The summed E-state index contributed by atoms with van der Waals surface area (Å²) in [7, 11) is 0. The van der Waals surface area contributed by atoms with Gasteiger partial charge < -0.3 is 5.73 Å². The van der Waals surface area contributed by atoms with E-state index in [2.05, 4.69) is 6.07 Å². The van der Waals surface area contributed by atoms with Crippen molar-refractivity contribution in [3.63, 3.8) is 0 Å². The molecule has 0 bridgehead atoms. The highest BCUT2D eigenvalue weighted by molar-refractivity contribution is 5.85. The number of nitrogens with zero attached hydrogens (tertiary/aromatic N) is 1. The van der Waals surface area contributed by atoms with Crippen LogP contribution in [0.15, 0.2) is 54.6 Å². The average Bonchev–Trinajstić information content (AvgIpc) is 2.34. The van der Waals surface area contributed by atoms with Gasteiger partial charge in [-0.05, 0) is 23.3 Å². The van der Waals surface area contributed by atoms with Crippen molar-refractivity contribution in [3.05, 3.63) is 65.7 Å². The number of hydrogen-bond acceptors (Lipinski definition) is 2. The molecular weight excluding hydrogens is 232 g/mol. The van der Waals surface area contributed by atoms with Crippen LogP contribution in [-0.4, -0.2) is 0 Å². The van der Waals surface area contributed by atoms with Gasteiger partial charge in [0.15, 0.2) is 0 Å². The Morgan fingerprint density at radius 1 is 0.882 bits per heavy atom. The lowest BCUT2D eigenvalue weighted by Gasteiger charge is -2.09. The lowest BCUT2D eigenvalue weighted by atomic mass is 9.93. The molecule has 0 fully saturated rings. The van der Waals surface area contributed by atoms with Crippen LogP contribution in [0.4, 0.5) is 5.69 Å². The van der Waals surface area contributed by atoms with Crippen molar-refractivity contribution in [2.24, 2.45) is 0 Å². The zero-order chi connectivity index (χ0) is 11.4. The summed E-state index contributed by atoms with van der Waals surface area (Å²) in [4.78, 5) is 0. The quantitative estimate of drug-likeness (QED) is 0.824. The van der Waals surface area contributed by atoms with Gasteiger partial charge in [-0.1, -0.05) is 42.5 Å². The lowest BCUT2D eigenvalue weighted by Crippen LogP contribution is -1.98. The first-order valence-electron chi connectivity index (χ1n) is 5.11. The van der Waals surface area contributed by atoms with Crippen LogP contribution in [-0.2, 0) is 0 Å². The topological polar surface area (TPSA) is 49.8 Å². The molecule has 0 aliphatic rings. The van der Waals surface area contributed by atoms with Crippen molar-refractivity contribution >= 4 is 18.1 Å². The fourth-order valence-corrected chi connectivity index (χ4v) is 1.68. The van der Waals surface area contributed by atoms with Gasteiger partial charge in [0, 0.05) is 5.69 Å². The van der Waals surface area contributed by atoms with E-state index in [-0.39, 0.29) is 18.3 Å². The van der Waals surface area contributed by atoms with Crippen molar-refractivity contribution in [1.82, 2.24) is 0 Å². The molecule has 86 valence electrons. The molecule has 0 spiro atoms. The molecule has 1 unspecified atom stereocenters. The zero-order valence-corrected chi connectivity index (χ0v) is 10.0. The maximum atomic E-state index is 9.22. The van der Waals surface area contributed by atoms with Crippen molar-refractivity contribution < 1.29 is 0 Å². The largest absolute Gasteiger partial charge is 0.399 e. The summed E-state index contributed by atoms with van der Waals surface area (Å²) in [6, 6.07) is 19.5. The number of nitrogens with two attached hydrogens (primary N) is 1. The Balaban J connectivity index is 0.00000144. The molecule has 17 heavy (non-hydrogen) atoms. The van der Waals surface area contributed by atoms with Crippen LogP contribution in [0.3, 0.4) is 0 Å². The second-order valence-electron chi connectivity index (χ2n) is 3.64. The molecule has 2 nitrogen and oxygen atoms in total. The van der Waals surface area contributed by atoms with Crippen LogP contribution in [0.5, 0.6) is 0 Å². The number of hydrogen-bond donors (Lipinski definition) is 1. The molecule has 0 radical (unpaired) electrons. The zero-order valence-electron chi connectivity index (χ0n) is 9.21. The summed E-state index contributed by atoms with van der Waals surface area (Å²) in [6.45, 7) is 0. The molecule has 2 N–H and O–H groups in total. The molecule has 1 atom stereocenters. The highest BCUT2D eigenvalue weighted by Gasteiger charge is 2.11. The Bertz CT molecular complexity index is 500. The maximum absolute atomic E-state index is 9.22. The van der Waals surface area contributed by atoms with E-state index in [0.29, 0.717) is 5.69 Å². The molecule has 0 saturated heterocycles. The minimum atomic E-state index is -0.221. The smallest absolute Gasteiger partial charge is 0.0962 e. The molecule has 0 heterocycles. The number of rotatable bonds is 2. The van der Waals surface area contributed by atoms with E-state index in [9.17, 15) is 5.26 Å². The van der Waals surface area contributed by atoms with E-state index < -0.39 is 0 Å². The lowest BCUT2D eigenvalue weighted by molar-refractivity contribution is 1.04. The summed E-state index contributed by atoms with van der Waals surface area (Å²) in [5.74, 6) is -0.221. The summed E-state index contributed by atoms with van der Waals surface area (Å²) in [5, 5.41) is 9.22. The van der Waals surface area contributed by atoms with Crippen LogP contribution in [0, 0.1) is 11.3 Å². The third kappa shape index (κ3) is 2.99. The Morgan fingerprint density at radius 3 is 1.94 bits per heavy atom. The Kier molecular flexibility index (Phi) is 4.56. The fraction of sp³-hybridized carbons (Fsp3) is 0.0714. The fourth-order valence-electron chi connectivity index (χ4n) is 1.68. The van der Waals surface area contributed by atoms with Crippen LogP contribution >= 0.6 is 12.4 Å². The monoisotopic (exact) mass is 244 g/mol. The molecule has 0 aliphatic carbocycles. The van der Waals surface area contributed by atoms with Crippen LogP contribution in [0.1, 0.15) is 17.0 Å². The SMILES string of the molecule is Cl.N#CC(c1ccccc1)c1ccc(N)cc1. The molecule has 0 saturated carbocycles. The first kappa shape index (κ1) is 13.1. The van der Waals surface area contributed by atoms with E-state index in [0.717, 1.165) is 11.1 Å². The normalized spacial score (nSPS) is 11.0. The summed E-state index contributed by atoms with van der Waals surface area (Å²) in [5.41, 5.74) is 8.32. The maximum Gasteiger partial charge on any atom is 0.0962 e. The summed E-state index contributed by atoms with van der Waals surface area (Å²) in [6.07, 6.45) is 0. The van der Waals surface area contributed by atoms with Gasteiger partial charge in [-0.25, -0.2) is 0 Å². The third-order valence-corrected chi connectivity index (χ3v) is 2.53. The van der Waals surface area contributed by atoms with Crippen molar-refractivity contribution in [2.75, 3.05) is 5.73 Å². The van der Waals surface area contributed by atoms with Gasteiger partial charge in [-0.15, -0.1) is 12.4 Å². The molecule has 0 amide bonds. The van der Waals surface area contributed by atoms with Gasteiger partial charge in [-0.3, -0.25) is 0 Å². The predicted octanol–water partition coefficient (Wildman–Crippen LogP) is 3.35. The van der Waals surface area contributed by atoms with Crippen molar-refractivity contribution in [3.8, 4) is 6.07 Å². The van der Waals surface area contributed by atoms with Gasteiger partial charge in [0.25, 0.3) is 0 Å². The number of nitrogen functional groups attached to an aromatic ring is 1. The molecule has 2 rings (SSSR count).